The van der Waals surface area contributed by atoms with Crippen molar-refractivity contribution in [3.05, 3.63) is 23.8 Å². The number of aldehydes is 1. The molecule has 3 heteroatoms. The summed E-state index contributed by atoms with van der Waals surface area (Å²) in [7, 11) is 0. The quantitative estimate of drug-likeness (QED) is 0.712. The van der Waals surface area contributed by atoms with Crippen LogP contribution in [0.3, 0.4) is 0 Å². The lowest BCUT2D eigenvalue weighted by Gasteiger charge is -2.16. The van der Waals surface area contributed by atoms with Crippen LogP contribution in [0.2, 0.25) is 0 Å². The summed E-state index contributed by atoms with van der Waals surface area (Å²) < 4.78 is 11.2. The minimum Gasteiger partial charge on any atom is -0.449 e. The molecule has 1 aliphatic rings. The molecule has 0 N–H and O–H groups in total. The van der Waals surface area contributed by atoms with Crippen molar-refractivity contribution in [1.82, 2.24) is 0 Å². The fourth-order valence-electron chi connectivity index (χ4n) is 1.65. The van der Waals surface area contributed by atoms with Crippen molar-refractivity contribution in [3.63, 3.8) is 0 Å². The van der Waals surface area contributed by atoms with Gasteiger partial charge in [0.05, 0.1) is 0 Å². The van der Waals surface area contributed by atoms with Gasteiger partial charge in [-0.05, 0) is 24.1 Å². The topological polar surface area (TPSA) is 35.5 Å². The smallest absolute Gasteiger partial charge is 0.246 e. The minimum atomic E-state index is -0.578. The summed E-state index contributed by atoms with van der Waals surface area (Å²) in [6.45, 7) is 3.75. The van der Waals surface area contributed by atoms with Crippen molar-refractivity contribution in [3.8, 4) is 11.5 Å². The Morgan fingerprint density at radius 1 is 1.27 bits per heavy atom. The van der Waals surface area contributed by atoms with Gasteiger partial charge in [0.2, 0.25) is 5.79 Å². The van der Waals surface area contributed by atoms with Gasteiger partial charge in [-0.25, -0.2) is 0 Å². The van der Waals surface area contributed by atoms with Gasteiger partial charge in [0, 0.05) is 20.3 Å². The van der Waals surface area contributed by atoms with E-state index in [1.165, 1.54) is 0 Å². The van der Waals surface area contributed by atoms with Crippen molar-refractivity contribution in [2.45, 2.75) is 32.5 Å². The molecular formula is C12H14O3. The van der Waals surface area contributed by atoms with Gasteiger partial charge in [-0.2, -0.15) is 0 Å². The maximum Gasteiger partial charge on any atom is 0.246 e. The summed E-state index contributed by atoms with van der Waals surface area (Å²) in [5.41, 5.74) is 1.10. The van der Waals surface area contributed by atoms with Crippen LogP contribution < -0.4 is 9.47 Å². The van der Waals surface area contributed by atoms with E-state index in [9.17, 15) is 4.79 Å². The van der Waals surface area contributed by atoms with Crippen LogP contribution in [0.25, 0.3) is 0 Å². The van der Waals surface area contributed by atoms with Gasteiger partial charge < -0.3 is 14.3 Å². The number of carbonyl (C=O) groups excluding carboxylic acids is 1. The van der Waals surface area contributed by atoms with Crippen molar-refractivity contribution in [1.29, 1.82) is 0 Å². The molecule has 0 fully saturated rings. The Bertz CT molecular complexity index is 382. The molecule has 0 amide bonds. The average molecular weight is 206 g/mol. The number of fused-ring (bicyclic) bond motifs is 1. The number of ether oxygens (including phenoxy) is 2. The predicted molar refractivity (Wildman–Crippen MR) is 56.2 cm³/mol. The van der Waals surface area contributed by atoms with Crippen molar-refractivity contribution >= 4 is 6.29 Å². The fourth-order valence-corrected chi connectivity index (χ4v) is 1.65. The van der Waals surface area contributed by atoms with Crippen LogP contribution in [-0.4, -0.2) is 12.1 Å². The number of rotatable bonds is 3. The molecular weight excluding hydrogens is 192 g/mol. The summed E-state index contributed by atoms with van der Waals surface area (Å²) in [6.07, 6.45) is 2.22. The first-order valence-corrected chi connectivity index (χ1v) is 5.05. The van der Waals surface area contributed by atoms with E-state index in [1.807, 2.05) is 32.0 Å². The molecule has 1 aromatic rings. The van der Waals surface area contributed by atoms with Crippen molar-refractivity contribution < 1.29 is 14.3 Å². The Kier molecular flexibility index (Phi) is 2.39. The van der Waals surface area contributed by atoms with Crippen molar-refractivity contribution in [2.75, 3.05) is 0 Å². The second-order valence-electron chi connectivity index (χ2n) is 4.09. The lowest BCUT2D eigenvalue weighted by molar-refractivity contribution is -0.107. The summed E-state index contributed by atoms with van der Waals surface area (Å²) >= 11 is 0. The average Bonchev–Trinajstić information content (AvgIpc) is 2.47. The molecule has 0 aromatic heterocycles. The molecule has 0 saturated carbocycles. The standard InChI is InChI=1S/C12H14O3/c1-12(2)14-10-6-5-9(4-3-7-13)8-11(10)15-12/h5-8H,3-4H2,1-2H3. The van der Waals surface area contributed by atoms with Crippen LogP contribution in [-0.2, 0) is 11.2 Å². The molecule has 1 aromatic carbocycles. The third kappa shape index (κ3) is 2.12. The van der Waals surface area contributed by atoms with Crippen LogP contribution in [0.4, 0.5) is 0 Å². The SMILES string of the molecule is CC1(C)Oc2ccc(CCC=O)cc2O1. The molecule has 0 aliphatic carbocycles. The van der Waals surface area contributed by atoms with E-state index >= 15 is 0 Å². The van der Waals surface area contributed by atoms with E-state index in [0.717, 1.165) is 29.8 Å². The molecule has 80 valence electrons. The zero-order valence-corrected chi connectivity index (χ0v) is 8.95. The van der Waals surface area contributed by atoms with Crippen LogP contribution >= 0.6 is 0 Å². The maximum atomic E-state index is 10.3. The van der Waals surface area contributed by atoms with E-state index in [4.69, 9.17) is 9.47 Å². The molecule has 1 aliphatic heterocycles. The molecule has 15 heavy (non-hydrogen) atoms. The van der Waals surface area contributed by atoms with Gasteiger partial charge >= 0.3 is 0 Å². The molecule has 3 nitrogen and oxygen atoms in total. The van der Waals surface area contributed by atoms with E-state index in [2.05, 4.69) is 0 Å². The van der Waals surface area contributed by atoms with E-state index in [-0.39, 0.29) is 0 Å². The van der Waals surface area contributed by atoms with E-state index < -0.39 is 5.79 Å². The van der Waals surface area contributed by atoms with Gasteiger partial charge in [0.25, 0.3) is 0 Å². The highest BCUT2D eigenvalue weighted by Gasteiger charge is 2.31. The van der Waals surface area contributed by atoms with Crippen LogP contribution in [0.1, 0.15) is 25.8 Å². The molecule has 0 unspecified atom stereocenters. The predicted octanol–water partition coefficient (Wildman–Crippen LogP) is 2.33. The Balaban J connectivity index is 2.18. The molecule has 0 radical (unpaired) electrons. The first kappa shape index (κ1) is 10.0. The van der Waals surface area contributed by atoms with Gasteiger partial charge in [0.15, 0.2) is 11.5 Å². The van der Waals surface area contributed by atoms with Crippen LogP contribution in [0.15, 0.2) is 18.2 Å². The summed E-state index contributed by atoms with van der Waals surface area (Å²) in [4.78, 5) is 10.3. The number of hydrogen-bond donors (Lipinski definition) is 0. The highest BCUT2D eigenvalue weighted by molar-refractivity contribution is 5.51. The van der Waals surface area contributed by atoms with Gasteiger partial charge in [-0.3, -0.25) is 0 Å². The van der Waals surface area contributed by atoms with E-state index in [1.54, 1.807) is 0 Å². The van der Waals surface area contributed by atoms with Gasteiger partial charge in [-0.1, -0.05) is 6.07 Å². The largest absolute Gasteiger partial charge is 0.449 e. The third-order valence-electron chi connectivity index (χ3n) is 2.27. The molecule has 0 atom stereocenters. The van der Waals surface area contributed by atoms with Crippen molar-refractivity contribution in [2.24, 2.45) is 0 Å². The Morgan fingerprint density at radius 3 is 2.73 bits per heavy atom. The minimum absolute atomic E-state index is 0.545. The normalized spacial score (nSPS) is 16.4. The summed E-state index contributed by atoms with van der Waals surface area (Å²) in [5, 5.41) is 0. The Labute approximate surface area is 89.0 Å². The van der Waals surface area contributed by atoms with Crippen LogP contribution in [0.5, 0.6) is 11.5 Å². The fraction of sp³-hybridized carbons (Fsp3) is 0.417. The number of hydrogen-bond acceptors (Lipinski definition) is 3. The number of aryl methyl sites for hydroxylation is 1. The third-order valence-corrected chi connectivity index (χ3v) is 2.27. The lowest BCUT2D eigenvalue weighted by atomic mass is 10.1. The molecule has 2 rings (SSSR count). The Hall–Kier alpha value is -1.51. The molecule has 1 heterocycles. The Morgan fingerprint density at radius 2 is 2.00 bits per heavy atom. The lowest BCUT2D eigenvalue weighted by Crippen LogP contribution is -2.29. The summed E-state index contributed by atoms with van der Waals surface area (Å²) in [6, 6.07) is 5.80. The zero-order valence-electron chi connectivity index (χ0n) is 8.95. The number of carbonyl (C=O) groups is 1. The molecule has 0 spiro atoms. The first-order valence-electron chi connectivity index (χ1n) is 5.05. The second kappa shape index (κ2) is 3.57. The highest BCUT2D eigenvalue weighted by Crippen LogP contribution is 2.39. The van der Waals surface area contributed by atoms with E-state index in [0.29, 0.717) is 6.42 Å². The maximum absolute atomic E-state index is 10.3. The molecule has 0 bridgehead atoms. The number of benzene rings is 1. The van der Waals surface area contributed by atoms with Crippen LogP contribution in [0, 0.1) is 0 Å². The van der Waals surface area contributed by atoms with Gasteiger partial charge in [0.1, 0.15) is 6.29 Å². The summed E-state index contributed by atoms with van der Waals surface area (Å²) in [5.74, 6) is 0.962. The van der Waals surface area contributed by atoms with Gasteiger partial charge in [-0.15, -0.1) is 0 Å². The highest BCUT2D eigenvalue weighted by atomic mass is 16.7. The zero-order chi connectivity index (χ0) is 10.9. The molecule has 0 saturated heterocycles. The monoisotopic (exact) mass is 206 g/mol. The first-order chi connectivity index (χ1) is 7.11. The second-order valence-corrected chi connectivity index (χ2v) is 4.09.